The molecule has 6 heteroatoms. The van der Waals surface area contributed by atoms with Gasteiger partial charge in [0.25, 0.3) is 0 Å². The van der Waals surface area contributed by atoms with Crippen LogP contribution in [0.3, 0.4) is 0 Å². The van der Waals surface area contributed by atoms with Crippen molar-refractivity contribution >= 4 is 5.71 Å². The van der Waals surface area contributed by atoms with Crippen LogP contribution in [0.4, 0.5) is 13.2 Å². The predicted molar refractivity (Wildman–Crippen MR) is 53.7 cm³/mol. The van der Waals surface area contributed by atoms with E-state index >= 15 is 0 Å². The summed E-state index contributed by atoms with van der Waals surface area (Å²) in [6.45, 7) is 0.207. The highest BCUT2D eigenvalue weighted by Crippen LogP contribution is 2.38. The van der Waals surface area contributed by atoms with Gasteiger partial charge in [-0.1, -0.05) is 0 Å². The molecule has 1 aromatic rings. The Morgan fingerprint density at radius 2 is 1.82 bits per heavy atom. The van der Waals surface area contributed by atoms with Gasteiger partial charge < -0.3 is 9.47 Å². The van der Waals surface area contributed by atoms with Crippen molar-refractivity contribution in [3.8, 4) is 11.5 Å². The van der Waals surface area contributed by atoms with Gasteiger partial charge in [-0.15, -0.1) is 0 Å². The number of nitrogens with zero attached hydrogens (tertiary/aromatic N) is 1. The number of hydrogen-bond acceptors (Lipinski definition) is 3. The molecular weight excluding hydrogens is 235 g/mol. The number of halogens is 3. The van der Waals surface area contributed by atoms with Gasteiger partial charge in [0.05, 0.1) is 0 Å². The molecule has 17 heavy (non-hydrogen) atoms. The molecule has 0 radical (unpaired) electrons. The van der Waals surface area contributed by atoms with Crippen LogP contribution in [0.25, 0.3) is 0 Å². The van der Waals surface area contributed by atoms with Crippen LogP contribution in [-0.4, -0.2) is 25.2 Å². The minimum Gasteiger partial charge on any atom is -0.454 e. The molecule has 2 aliphatic heterocycles. The SMILES string of the molecule is FC(F)(F)C1=NCCc2cc3c(cc21)OCO3. The highest BCUT2D eigenvalue weighted by atomic mass is 19.4. The Bertz CT molecular complexity index is 508. The van der Waals surface area contributed by atoms with Crippen LogP contribution in [0.2, 0.25) is 0 Å². The largest absolute Gasteiger partial charge is 0.454 e. The summed E-state index contributed by atoms with van der Waals surface area (Å²) < 4.78 is 48.5. The molecule has 0 unspecified atom stereocenters. The van der Waals surface area contributed by atoms with Gasteiger partial charge in [-0.05, 0) is 24.1 Å². The van der Waals surface area contributed by atoms with E-state index in [0.29, 0.717) is 23.5 Å². The number of aliphatic imine (C=N–C) groups is 1. The molecule has 0 N–H and O–H groups in total. The molecule has 3 rings (SSSR count). The highest BCUT2D eigenvalue weighted by Gasteiger charge is 2.39. The van der Waals surface area contributed by atoms with E-state index in [1.807, 2.05) is 0 Å². The quantitative estimate of drug-likeness (QED) is 0.700. The van der Waals surface area contributed by atoms with Crippen LogP contribution < -0.4 is 9.47 Å². The van der Waals surface area contributed by atoms with Crippen molar-refractivity contribution in [1.29, 1.82) is 0 Å². The second-order valence-electron chi connectivity index (χ2n) is 3.84. The second-order valence-corrected chi connectivity index (χ2v) is 3.84. The predicted octanol–water partition coefficient (Wildman–Crippen LogP) is 2.32. The first-order chi connectivity index (χ1) is 8.05. The van der Waals surface area contributed by atoms with Gasteiger partial charge in [0, 0.05) is 12.1 Å². The summed E-state index contributed by atoms with van der Waals surface area (Å²) in [5.41, 5.74) is -0.110. The Hall–Kier alpha value is -1.72. The molecule has 0 amide bonds. The molecule has 1 aromatic carbocycles. The van der Waals surface area contributed by atoms with Gasteiger partial charge >= 0.3 is 6.18 Å². The van der Waals surface area contributed by atoms with Crippen LogP contribution in [0.5, 0.6) is 11.5 Å². The summed E-state index contributed by atoms with van der Waals surface area (Å²) in [5.74, 6) is 0.856. The van der Waals surface area contributed by atoms with E-state index in [-0.39, 0.29) is 18.9 Å². The van der Waals surface area contributed by atoms with Crippen LogP contribution in [0, 0.1) is 0 Å². The number of alkyl halides is 3. The number of fused-ring (bicyclic) bond motifs is 2. The van der Waals surface area contributed by atoms with Gasteiger partial charge in [0.1, 0.15) is 5.71 Å². The molecule has 0 saturated heterocycles. The van der Waals surface area contributed by atoms with E-state index in [2.05, 4.69) is 4.99 Å². The average molecular weight is 243 g/mol. The van der Waals surface area contributed by atoms with E-state index in [0.717, 1.165) is 0 Å². The van der Waals surface area contributed by atoms with Crippen molar-refractivity contribution in [1.82, 2.24) is 0 Å². The topological polar surface area (TPSA) is 30.8 Å². The zero-order valence-electron chi connectivity index (χ0n) is 8.67. The maximum Gasteiger partial charge on any atom is 0.433 e. The van der Waals surface area contributed by atoms with E-state index < -0.39 is 11.9 Å². The molecule has 90 valence electrons. The van der Waals surface area contributed by atoms with E-state index in [9.17, 15) is 13.2 Å². The number of benzene rings is 1. The Labute approximate surface area is 94.9 Å². The third-order valence-electron chi connectivity index (χ3n) is 2.77. The monoisotopic (exact) mass is 243 g/mol. The number of rotatable bonds is 0. The molecule has 0 spiro atoms. The van der Waals surface area contributed by atoms with Crippen LogP contribution in [0.15, 0.2) is 17.1 Å². The minimum absolute atomic E-state index is 0.0523. The molecule has 2 aliphatic rings. The van der Waals surface area contributed by atoms with Crippen molar-refractivity contribution in [2.75, 3.05) is 13.3 Å². The standard InChI is InChI=1S/C11H8F3NO2/c12-11(13,14)10-7-4-9-8(16-5-17-9)3-6(7)1-2-15-10/h3-4H,1-2,5H2. The first-order valence-electron chi connectivity index (χ1n) is 5.10. The van der Waals surface area contributed by atoms with Crippen LogP contribution >= 0.6 is 0 Å². The molecule has 0 bridgehead atoms. The molecule has 0 fully saturated rings. The highest BCUT2D eigenvalue weighted by molar-refractivity contribution is 6.06. The molecule has 0 aliphatic carbocycles. The van der Waals surface area contributed by atoms with Gasteiger partial charge in [0.2, 0.25) is 6.79 Å². The van der Waals surface area contributed by atoms with Gasteiger partial charge in [-0.25, -0.2) is 0 Å². The van der Waals surface area contributed by atoms with E-state index in [1.165, 1.54) is 6.07 Å². The van der Waals surface area contributed by atoms with Crippen molar-refractivity contribution in [2.24, 2.45) is 4.99 Å². The third kappa shape index (κ3) is 1.64. The smallest absolute Gasteiger partial charge is 0.433 e. The van der Waals surface area contributed by atoms with Crippen molar-refractivity contribution in [2.45, 2.75) is 12.6 Å². The summed E-state index contributed by atoms with van der Waals surface area (Å²) in [6, 6.07) is 2.97. The second kappa shape index (κ2) is 3.38. The fourth-order valence-electron chi connectivity index (χ4n) is 2.03. The Morgan fingerprint density at radius 1 is 1.12 bits per heavy atom. The number of hydrogen-bond donors (Lipinski definition) is 0. The first kappa shape index (κ1) is 10.4. The van der Waals surface area contributed by atoms with Crippen LogP contribution in [-0.2, 0) is 6.42 Å². The summed E-state index contributed by atoms with van der Waals surface area (Å²) in [6.07, 6.45) is -3.94. The molecule has 0 atom stereocenters. The Balaban J connectivity index is 2.14. The lowest BCUT2D eigenvalue weighted by Gasteiger charge is -2.19. The molecule has 0 saturated carbocycles. The normalized spacial score (nSPS) is 17.7. The lowest BCUT2D eigenvalue weighted by atomic mass is 9.96. The summed E-state index contributed by atoms with van der Waals surface area (Å²) in [5, 5.41) is 0. The third-order valence-corrected chi connectivity index (χ3v) is 2.77. The lowest BCUT2D eigenvalue weighted by Crippen LogP contribution is -2.28. The summed E-state index contributed by atoms with van der Waals surface area (Å²) in [7, 11) is 0. The molecule has 0 aromatic heterocycles. The van der Waals surface area contributed by atoms with E-state index in [4.69, 9.17) is 9.47 Å². The maximum absolute atomic E-state index is 12.8. The molecule has 2 heterocycles. The zero-order valence-corrected chi connectivity index (χ0v) is 8.67. The summed E-state index contributed by atoms with van der Waals surface area (Å²) in [4.78, 5) is 3.56. The fraction of sp³-hybridized carbons (Fsp3) is 0.364. The molecule has 3 nitrogen and oxygen atoms in total. The van der Waals surface area contributed by atoms with Crippen molar-refractivity contribution < 1.29 is 22.6 Å². The van der Waals surface area contributed by atoms with Gasteiger partial charge in [-0.3, -0.25) is 4.99 Å². The maximum atomic E-state index is 12.8. The summed E-state index contributed by atoms with van der Waals surface area (Å²) >= 11 is 0. The minimum atomic E-state index is -4.43. The average Bonchev–Trinajstić information content (AvgIpc) is 2.70. The molecular formula is C11H8F3NO2. The fourth-order valence-corrected chi connectivity index (χ4v) is 2.03. The van der Waals surface area contributed by atoms with Gasteiger partial charge in [0.15, 0.2) is 11.5 Å². The zero-order chi connectivity index (χ0) is 12.0. The van der Waals surface area contributed by atoms with Crippen molar-refractivity contribution in [3.05, 3.63) is 23.3 Å². The first-order valence-corrected chi connectivity index (χ1v) is 5.10. The van der Waals surface area contributed by atoms with Gasteiger partial charge in [-0.2, -0.15) is 13.2 Å². The van der Waals surface area contributed by atoms with Crippen LogP contribution in [0.1, 0.15) is 11.1 Å². The Kier molecular flexibility index (Phi) is 2.08. The number of ether oxygens (including phenoxy) is 2. The van der Waals surface area contributed by atoms with Crippen molar-refractivity contribution in [3.63, 3.8) is 0 Å². The lowest BCUT2D eigenvalue weighted by molar-refractivity contribution is -0.0584. The Morgan fingerprint density at radius 3 is 2.53 bits per heavy atom. The van der Waals surface area contributed by atoms with E-state index in [1.54, 1.807) is 6.07 Å².